The summed E-state index contributed by atoms with van der Waals surface area (Å²) in [6.07, 6.45) is 4.16. The minimum atomic E-state index is 0.559. The zero-order chi connectivity index (χ0) is 19.1. The maximum absolute atomic E-state index is 4.80. The van der Waals surface area contributed by atoms with Gasteiger partial charge in [-0.2, -0.15) is 4.98 Å². The third-order valence-electron chi connectivity index (χ3n) is 3.98. The summed E-state index contributed by atoms with van der Waals surface area (Å²) in [5, 5.41) is 0. The normalized spacial score (nSPS) is 11.5. The Bertz CT molecular complexity index is 673. The predicted molar refractivity (Wildman–Crippen MR) is 114 cm³/mol. The molecular formula is C22H32N4. The summed E-state index contributed by atoms with van der Waals surface area (Å²) in [4.78, 5) is 13.9. The largest absolute Gasteiger partial charge is 0.359 e. The number of anilines is 2. The first-order valence-electron chi connectivity index (χ1n) is 9.39. The van der Waals surface area contributed by atoms with Crippen LogP contribution >= 0.6 is 0 Å². The quantitative estimate of drug-likeness (QED) is 0.681. The highest BCUT2D eigenvalue weighted by atomic mass is 15.3. The average molecular weight is 353 g/mol. The molecule has 0 aliphatic heterocycles. The summed E-state index contributed by atoms with van der Waals surface area (Å²) in [5.41, 5.74) is 2.10. The first kappa shape index (κ1) is 20.0. The van der Waals surface area contributed by atoms with E-state index in [0.29, 0.717) is 11.8 Å². The SMILES string of the molecule is CC(C)CN(C)c1cc(/C=C/c2ccccc2)nc(N(C)CC(C)C)n1. The molecule has 0 aliphatic carbocycles. The highest BCUT2D eigenvalue weighted by molar-refractivity contribution is 5.69. The van der Waals surface area contributed by atoms with Crippen molar-refractivity contribution >= 4 is 23.9 Å². The van der Waals surface area contributed by atoms with Gasteiger partial charge in [-0.05, 0) is 23.5 Å². The van der Waals surface area contributed by atoms with E-state index in [4.69, 9.17) is 9.97 Å². The van der Waals surface area contributed by atoms with E-state index in [1.165, 1.54) is 5.56 Å². The maximum atomic E-state index is 4.80. The molecular weight excluding hydrogens is 320 g/mol. The van der Waals surface area contributed by atoms with Crippen LogP contribution in [0.5, 0.6) is 0 Å². The van der Waals surface area contributed by atoms with Gasteiger partial charge in [0.2, 0.25) is 5.95 Å². The van der Waals surface area contributed by atoms with Crippen molar-refractivity contribution in [3.63, 3.8) is 0 Å². The lowest BCUT2D eigenvalue weighted by molar-refractivity contribution is 0.623. The second kappa shape index (κ2) is 9.37. The molecule has 0 atom stereocenters. The van der Waals surface area contributed by atoms with Crippen LogP contribution in [0.25, 0.3) is 12.2 Å². The van der Waals surface area contributed by atoms with Crippen molar-refractivity contribution in [2.45, 2.75) is 27.7 Å². The van der Waals surface area contributed by atoms with Gasteiger partial charge in [0.1, 0.15) is 5.82 Å². The molecule has 0 saturated carbocycles. The van der Waals surface area contributed by atoms with Gasteiger partial charge < -0.3 is 9.80 Å². The van der Waals surface area contributed by atoms with E-state index in [1.54, 1.807) is 0 Å². The zero-order valence-electron chi connectivity index (χ0n) is 17.0. The molecule has 0 fully saturated rings. The highest BCUT2D eigenvalue weighted by Crippen LogP contribution is 2.19. The molecule has 0 radical (unpaired) electrons. The third kappa shape index (κ3) is 6.17. The van der Waals surface area contributed by atoms with Gasteiger partial charge in [-0.3, -0.25) is 0 Å². The Balaban J connectivity index is 2.34. The van der Waals surface area contributed by atoms with Crippen LogP contribution in [0.2, 0.25) is 0 Å². The molecule has 0 aliphatic rings. The molecule has 1 aromatic heterocycles. The first-order valence-corrected chi connectivity index (χ1v) is 9.39. The first-order chi connectivity index (χ1) is 12.3. The number of benzene rings is 1. The second-order valence-corrected chi connectivity index (χ2v) is 7.74. The smallest absolute Gasteiger partial charge is 0.227 e. The van der Waals surface area contributed by atoms with E-state index < -0.39 is 0 Å². The number of aromatic nitrogens is 2. The van der Waals surface area contributed by atoms with Crippen LogP contribution in [0.3, 0.4) is 0 Å². The van der Waals surface area contributed by atoms with Crippen LogP contribution in [-0.2, 0) is 0 Å². The van der Waals surface area contributed by atoms with Crippen molar-refractivity contribution in [3.05, 3.63) is 47.7 Å². The molecule has 0 bridgehead atoms. The Morgan fingerprint density at radius 1 is 0.846 bits per heavy atom. The Morgan fingerprint density at radius 2 is 1.46 bits per heavy atom. The summed E-state index contributed by atoms with van der Waals surface area (Å²) in [5.74, 6) is 2.88. The summed E-state index contributed by atoms with van der Waals surface area (Å²) < 4.78 is 0. The van der Waals surface area contributed by atoms with Crippen molar-refractivity contribution in [1.82, 2.24) is 9.97 Å². The topological polar surface area (TPSA) is 32.3 Å². The van der Waals surface area contributed by atoms with Gasteiger partial charge in [-0.25, -0.2) is 4.98 Å². The van der Waals surface area contributed by atoms with Crippen LogP contribution in [0.15, 0.2) is 36.4 Å². The zero-order valence-corrected chi connectivity index (χ0v) is 17.0. The summed E-state index contributed by atoms with van der Waals surface area (Å²) in [6.45, 7) is 10.8. The minimum absolute atomic E-state index is 0.559. The lowest BCUT2D eigenvalue weighted by Gasteiger charge is -2.24. The van der Waals surface area contributed by atoms with Gasteiger partial charge >= 0.3 is 0 Å². The molecule has 2 aromatic rings. The van der Waals surface area contributed by atoms with Crippen LogP contribution < -0.4 is 9.80 Å². The number of rotatable bonds is 8. The maximum Gasteiger partial charge on any atom is 0.227 e. The van der Waals surface area contributed by atoms with E-state index in [0.717, 1.165) is 30.5 Å². The van der Waals surface area contributed by atoms with Crippen molar-refractivity contribution in [3.8, 4) is 0 Å². The van der Waals surface area contributed by atoms with Crippen molar-refractivity contribution in [1.29, 1.82) is 0 Å². The van der Waals surface area contributed by atoms with E-state index in [-0.39, 0.29) is 0 Å². The van der Waals surface area contributed by atoms with Crippen molar-refractivity contribution in [2.24, 2.45) is 11.8 Å². The molecule has 0 unspecified atom stereocenters. The third-order valence-corrected chi connectivity index (χ3v) is 3.98. The van der Waals surface area contributed by atoms with E-state index in [2.05, 4.69) is 81.9 Å². The van der Waals surface area contributed by atoms with Crippen LogP contribution in [0, 0.1) is 11.8 Å². The lowest BCUT2D eigenvalue weighted by Crippen LogP contribution is -2.27. The van der Waals surface area contributed by atoms with Crippen LogP contribution in [0.1, 0.15) is 39.0 Å². The Hall–Kier alpha value is -2.36. The molecule has 4 heteroatoms. The molecule has 0 spiro atoms. The fourth-order valence-corrected chi connectivity index (χ4v) is 2.91. The highest BCUT2D eigenvalue weighted by Gasteiger charge is 2.12. The summed E-state index contributed by atoms with van der Waals surface area (Å²) >= 11 is 0. The van der Waals surface area contributed by atoms with E-state index >= 15 is 0 Å². The minimum Gasteiger partial charge on any atom is -0.359 e. The number of hydrogen-bond donors (Lipinski definition) is 0. The molecule has 4 nitrogen and oxygen atoms in total. The lowest BCUT2D eigenvalue weighted by atomic mass is 10.2. The Labute approximate surface area is 158 Å². The van der Waals surface area contributed by atoms with Gasteiger partial charge in [-0.15, -0.1) is 0 Å². The van der Waals surface area contributed by atoms with Gasteiger partial charge in [0.15, 0.2) is 0 Å². The Morgan fingerprint density at radius 3 is 2.08 bits per heavy atom. The van der Waals surface area contributed by atoms with E-state index in [9.17, 15) is 0 Å². The monoisotopic (exact) mass is 352 g/mol. The van der Waals surface area contributed by atoms with Crippen LogP contribution in [0.4, 0.5) is 11.8 Å². The van der Waals surface area contributed by atoms with E-state index in [1.807, 2.05) is 18.2 Å². The van der Waals surface area contributed by atoms with Crippen molar-refractivity contribution < 1.29 is 0 Å². The molecule has 140 valence electrons. The standard InChI is InChI=1S/C22H32N4/c1-17(2)15-25(5)21-14-20(13-12-19-10-8-7-9-11-19)23-22(24-21)26(6)16-18(3)4/h7-14,17-18H,15-16H2,1-6H3/b13-12+. The molecule has 1 heterocycles. The predicted octanol–water partition coefficient (Wildman–Crippen LogP) is 4.83. The number of hydrogen-bond acceptors (Lipinski definition) is 4. The average Bonchev–Trinajstić information content (AvgIpc) is 2.59. The Kier molecular flexibility index (Phi) is 7.19. The fourth-order valence-electron chi connectivity index (χ4n) is 2.91. The van der Waals surface area contributed by atoms with Gasteiger partial charge in [-0.1, -0.05) is 64.1 Å². The molecule has 0 saturated heterocycles. The van der Waals surface area contributed by atoms with Crippen LogP contribution in [-0.4, -0.2) is 37.2 Å². The summed E-state index contributed by atoms with van der Waals surface area (Å²) in [7, 11) is 4.16. The molecule has 0 amide bonds. The van der Waals surface area contributed by atoms with Gasteiger partial charge in [0, 0.05) is 33.3 Å². The number of nitrogens with zero attached hydrogens (tertiary/aromatic N) is 4. The van der Waals surface area contributed by atoms with Gasteiger partial charge in [0.25, 0.3) is 0 Å². The second-order valence-electron chi connectivity index (χ2n) is 7.74. The van der Waals surface area contributed by atoms with Gasteiger partial charge in [0.05, 0.1) is 5.69 Å². The van der Waals surface area contributed by atoms with Crippen molar-refractivity contribution in [2.75, 3.05) is 37.0 Å². The molecule has 2 rings (SSSR count). The molecule has 1 aromatic carbocycles. The summed E-state index contributed by atoms with van der Waals surface area (Å²) in [6, 6.07) is 12.4. The molecule has 0 N–H and O–H groups in total. The fraction of sp³-hybridized carbons (Fsp3) is 0.455. The molecule has 26 heavy (non-hydrogen) atoms.